The van der Waals surface area contributed by atoms with Crippen molar-refractivity contribution in [3.05, 3.63) is 35.5 Å². The maximum Gasteiger partial charge on any atom is 0.266 e. The first kappa shape index (κ1) is 14.0. The minimum absolute atomic E-state index is 0.302. The van der Waals surface area contributed by atoms with E-state index in [0.717, 1.165) is 6.42 Å². The summed E-state index contributed by atoms with van der Waals surface area (Å²) in [6.45, 7) is 5.45. The number of aryl methyl sites for hydroxylation is 2. The number of rotatable bonds is 5. The molecule has 1 aromatic carbocycles. The van der Waals surface area contributed by atoms with Gasteiger partial charge in [-0.1, -0.05) is 24.2 Å². The fourth-order valence-corrected chi connectivity index (χ4v) is 1.62. The van der Waals surface area contributed by atoms with Crippen LogP contribution in [0.2, 0.25) is 0 Å². The lowest BCUT2D eigenvalue weighted by Crippen LogP contribution is -2.30. The SMILES string of the molecule is CCc1ccc(O[C@H](C)C(=O)Nc2nonc2C)cc1. The fourth-order valence-electron chi connectivity index (χ4n) is 1.62. The molecule has 1 atom stereocenters. The third-order valence-corrected chi connectivity index (χ3v) is 2.91. The fraction of sp³-hybridized carbons (Fsp3) is 0.357. The van der Waals surface area contributed by atoms with Crippen LogP contribution in [-0.4, -0.2) is 22.3 Å². The minimum Gasteiger partial charge on any atom is -0.481 e. The van der Waals surface area contributed by atoms with Gasteiger partial charge in [0.1, 0.15) is 11.4 Å². The third-order valence-electron chi connectivity index (χ3n) is 2.91. The lowest BCUT2D eigenvalue weighted by molar-refractivity contribution is -0.122. The smallest absolute Gasteiger partial charge is 0.266 e. The topological polar surface area (TPSA) is 77.2 Å². The van der Waals surface area contributed by atoms with E-state index in [1.165, 1.54) is 5.56 Å². The van der Waals surface area contributed by atoms with Crippen LogP contribution in [0, 0.1) is 6.92 Å². The third kappa shape index (κ3) is 3.34. The van der Waals surface area contributed by atoms with Crippen molar-refractivity contribution in [1.82, 2.24) is 10.3 Å². The molecular weight excluding hydrogens is 258 g/mol. The predicted octanol–water partition coefficient (Wildman–Crippen LogP) is 2.35. The van der Waals surface area contributed by atoms with Gasteiger partial charge < -0.3 is 10.1 Å². The van der Waals surface area contributed by atoms with Crippen molar-refractivity contribution >= 4 is 11.7 Å². The number of amides is 1. The molecule has 2 rings (SSSR count). The Morgan fingerprint density at radius 2 is 2.05 bits per heavy atom. The Bertz CT molecular complexity index is 578. The summed E-state index contributed by atoms with van der Waals surface area (Å²) in [6, 6.07) is 7.66. The van der Waals surface area contributed by atoms with Gasteiger partial charge in [-0.2, -0.15) is 0 Å². The summed E-state index contributed by atoms with van der Waals surface area (Å²) < 4.78 is 10.1. The average Bonchev–Trinajstić information content (AvgIpc) is 2.85. The van der Waals surface area contributed by atoms with Crippen LogP contribution in [0.3, 0.4) is 0 Å². The van der Waals surface area contributed by atoms with Crippen LogP contribution in [0.5, 0.6) is 5.75 Å². The van der Waals surface area contributed by atoms with Crippen LogP contribution in [0.4, 0.5) is 5.82 Å². The largest absolute Gasteiger partial charge is 0.481 e. The maximum atomic E-state index is 11.9. The monoisotopic (exact) mass is 275 g/mol. The number of hydrogen-bond donors (Lipinski definition) is 1. The number of anilines is 1. The molecule has 0 bridgehead atoms. The van der Waals surface area contributed by atoms with Gasteiger partial charge in [0.05, 0.1) is 0 Å². The first-order valence-electron chi connectivity index (χ1n) is 6.45. The second-order valence-corrected chi connectivity index (χ2v) is 4.45. The zero-order chi connectivity index (χ0) is 14.5. The standard InChI is InChI=1S/C14H17N3O3/c1-4-11-5-7-12(8-6-11)19-10(3)14(18)15-13-9(2)16-20-17-13/h5-8,10H,4H2,1-3H3,(H,15,17,18)/t10-/m1/s1. The van der Waals surface area contributed by atoms with Crippen LogP contribution in [0.15, 0.2) is 28.9 Å². The van der Waals surface area contributed by atoms with E-state index in [-0.39, 0.29) is 5.91 Å². The van der Waals surface area contributed by atoms with E-state index < -0.39 is 6.10 Å². The van der Waals surface area contributed by atoms with E-state index in [9.17, 15) is 4.79 Å². The number of aromatic nitrogens is 2. The van der Waals surface area contributed by atoms with Crippen molar-refractivity contribution in [1.29, 1.82) is 0 Å². The molecule has 1 aromatic heterocycles. The number of hydrogen-bond acceptors (Lipinski definition) is 5. The van der Waals surface area contributed by atoms with Crippen molar-refractivity contribution in [3.8, 4) is 5.75 Å². The van der Waals surface area contributed by atoms with Crippen molar-refractivity contribution in [3.63, 3.8) is 0 Å². The zero-order valence-electron chi connectivity index (χ0n) is 11.7. The van der Waals surface area contributed by atoms with Gasteiger partial charge in [-0.3, -0.25) is 4.79 Å². The Hall–Kier alpha value is -2.37. The van der Waals surface area contributed by atoms with E-state index in [1.807, 2.05) is 24.3 Å². The molecule has 0 fully saturated rings. The number of ether oxygens (including phenoxy) is 1. The molecular formula is C14H17N3O3. The Morgan fingerprint density at radius 1 is 1.35 bits per heavy atom. The molecule has 1 amide bonds. The highest BCUT2D eigenvalue weighted by atomic mass is 16.6. The summed E-state index contributed by atoms with van der Waals surface area (Å²) >= 11 is 0. The second kappa shape index (κ2) is 6.18. The summed E-state index contributed by atoms with van der Waals surface area (Å²) in [5, 5.41) is 9.79. The van der Waals surface area contributed by atoms with Gasteiger partial charge in [-0.25, -0.2) is 4.63 Å². The lowest BCUT2D eigenvalue weighted by atomic mass is 10.2. The Kier molecular flexibility index (Phi) is 4.34. The van der Waals surface area contributed by atoms with E-state index in [1.54, 1.807) is 13.8 Å². The summed E-state index contributed by atoms with van der Waals surface area (Å²) in [6.07, 6.45) is 0.327. The predicted molar refractivity (Wildman–Crippen MR) is 73.6 cm³/mol. The van der Waals surface area contributed by atoms with Crippen LogP contribution in [-0.2, 0) is 11.2 Å². The van der Waals surface area contributed by atoms with E-state index in [0.29, 0.717) is 17.3 Å². The molecule has 0 saturated carbocycles. The Labute approximate surface area is 117 Å². The number of benzene rings is 1. The van der Waals surface area contributed by atoms with Crippen LogP contribution in [0.1, 0.15) is 25.1 Å². The minimum atomic E-state index is -0.640. The highest BCUT2D eigenvalue weighted by Gasteiger charge is 2.17. The molecule has 6 nitrogen and oxygen atoms in total. The van der Waals surface area contributed by atoms with Crippen LogP contribution in [0.25, 0.3) is 0 Å². The molecule has 0 aliphatic rings. The summed E-state index contributed by atoms with van der Waals surface area (Å²) in [5.74, 6) is 0.662. The number of carbonyl (C=O) groups is 1. The molecule has 6 heteroatoms. The van der Waals surface area contributed by atoms with Gasteiger partial charge >= 0.3 is 0 Å². The number of nitrogens with zero attached hydrogens (tertiary/aromatic N) is 2. The van der Waals surface area contributed by atoms with Gasteiger partial charge in [0.25, 0.3) is 5.91 Å². The highest BCUT2D eigenvalue weighted by Crippen LogP contribution is 2.15. The first-order valence-corrected chi connectivity index (χ1v) is 6.45. The quantitative estimate of drug-likeness (QED) is 0.906. The molecule has 0 spiro atoms. The van der Waals surface area contributed by atoms with Crippen LogP contribution >= 0.6 is 0 Å². The first-order chi connectivity index (χ1) is 9.60. The number of nitrogens with one attached hydrogen (secondary N) is 1. The molecule has 0 saturated heterocycles. The molecule has 20 heavy (non-hydrogen) atoms. The van der Waals surface area contributed by atoms with Gasteiger partial charge in [-0.05, 0) is 43.1 Å². The molecule has 0 unspecified atom stereocenters. The average molecular weight is 275 g/mol. The van der Waals surface area contributed by atoms with E-state index in [2.05, 4.69) is 27.2 Å². The van der Waals surface area contributed by atoms with Crippen molar-refractivity contribution in [2.24, 2.45) is 0 Å². The molecule has 0 aliphatic heterocycles. The highest BCUT2D eigenvalue weighted by molar-refractivity contribution is 5.93. The Morgan fingerprint density at radius 3 is 2.60 bits per heavy atom. The van der Waals surface area contributed by atoms with Gasteiger partial charge in [-0.15, -0.1) is 0 Å². The van der Waals surface area contributed by atoms with Crippen molar-refractivity contribution in [2.75, 3.05) is 5.32 Å². The van der Waals surface area contributed by atoms with Crippen molar-refractivity contribution in [2.45, 2.75) is 33.3 Å². The summed E-state index contributed by atoms with van der Waals surface area (Å²) in [7, 11) is 0. The second-order valence-electron chi connectivity index (χ2n) is 4.45. The summed E-state index contributed by atoms with van der Waals surface area (Å²) in [4.78, 5) is 11.9. The molecule has 0 aliphatic carbocycles. The van der Waals surface area contributed by atoms with E-state index >= 15 is 0 Å². The van der Waals surface area contributed by atoms with Crippen LogP contribution < -0.4 is 10.1 Å². The molecule has 0 radical (unpaired) electrons. The zero-order valence-corrected chi connectivity index (χ0v) is 11.7. The molecule has 106 valence electrons. The normalized spacial score (nSPS) is 11.9. The molecule has 1 N–H and O–H groups in total. The lowest BCUT2D eigenvalue weighted by Gasteiger charge is -2.14. The van der Waals surface area contributed by atoms with Gasteiger partial charge in [0.2, 0.25) is 0 Å². The van der Waals surface area contributed by atoms with Crippen molar-refractivity contribution < 1.29 is 14.2 Å². The molecule has 1 heterocycles. The maximum absolute atomic E-state index is 11.9. The summed E-state index contributed by atoms with van der Waals surface area (Å²) in [5.41, 5.74) is 1.75. The van der Waals surface area contributed by atoms with Gasteiger partial charge in [0.15, 0.2) is 11.9 Å². The molecule has 2 aromatic rings. The van der Waals surface area contributed by atoms with Gasteiger partial charge in [0, 0.05) is 0 Å². The number of carbonyl (C=O) groups excluding carboxylic acids is 1. The van der Waals surface area contributed by atoms with E-state index in [4.69, 9.17) is 4.74 Å². The Balaban J connectivity index is 1.95.